The molecule has 0 aliphatic rings. The number of hydrogen-bond acceptors (Lipinski definition) is 3. The maximum atomic E-state index is 12.1. The van der Waals surface area contributed by atoms with E-state index in [4.69, 9.17) is 11.6 Å². The van der Waals surface area contributed by atoms with Crippen LogP contribution in [0.15, 0.2) is 35.3 Å². The third-order valence-corrected chi connectivity index (χ3v) is 4.16. The Morgan fingerprint density at radius 2 is 2.00 bits per heavy atom. The Labute approximate surface area is 139 Å². The smallest absolute Gasteiger partial charge is 0.323 e. The van der Waals surface area contributed by atoms with Crippen LogP contribution >= 0.6 is 11.6 Å². The van der Waals surface area contributed by atoms with Crippen LogP contribution in [0.5, 0.6) is 0 Å². The van der Waals surface area contributed by atoms with E-state index in [0.717, 1.165) is 18.7 Å². The summed E-state index contributed by atoms with van der Waals surface area (Å²) in [7, 11) is 0. The molecule has 0 saturated carbocycles. The van der Waals surface area contributed by atoms with Crippen molar-refractivity contribution in [2.45, 2.75) is 19.9 Å². The number of amides is 1. The van der Waals surface area contributed by atoms with Gasteiger partial charge in [0.1, 0.15) is 5.69 Å². The van der Waals surface area contributed by atoms with Crippen LogP contribution < -0.4 is 11.0 Å². The summed E-state index contributed by atoms with van der Waals surface area (Å²) in [4.78, 5) is 30.3. The van der Waals surface area contributed by atoms with Crippen molar-refractivity contribution < 1.29 is 4.79 Å². The molecule has 0 aliphatic carbocycles. The molecule has 6 nitrogen and oxygen atoms in total. The average Bonchev–Trinajstić information content (AvgIpc) is 2.98. The number of H-pyrrole nitrogens is 2. The van der Waals surface area contributed by atoms with Crippen LogP contribution in [0.2, 0.25) is 5.02 Å². The lowest BCUT2D eigenvalue weighted by atomic mass is 10.0. The number of carbonyl (C=O) groups is 1. The number of nitrogens with one attached hydrogen (secondary N) is 3. The maximum Gasteiger partial charge on any atom is 0.323 e. The predicted octanol–water partition coefficient (Wildman–Crippen LogP) is 2.17. The topological polar surface area (TPSA) is 81.0 Å². The number of aromatic nitrogens is 2. The first kappa shape index (κ1) is 17.3. The number of halogens is 1. The van der Waals surface area contributed by atoms with Crippen LogP contribution in [0, 0.1) is 0 Å². The van der Waals surface area contributed by atoms with Crippen LogP contribution in [0.3, 0.4) is 0 Å². The van der Waals surface area contributed by atoms with Gasteiger partial charge in [0.2, 0.25) is 0 Å². The van der Waals surface area contributed by atoms with Crippen molar-refractivity contribution in [1.29, 1.82) is 0 Å². The molecule has 2 aromatic rings. The molecule has 0 bridgehead atoms. The number of likely N-dealkylation sites (N-methyl/N-ethyl adjacent to an activating group) is 1. The molecule has 23 heavy (non-hydrogen) atoms. The van der Waals surface area contributed by atoms with E-state index in [9.17, 15) is 9.59 Å². The highest BCUT2D eigenvalue weighted by atomic mass is 35.5. The van der Waals surface area contributed by atoms with Crippen molar-refractivity contribution in [2.24, 2.45) is 0 Å². The zero-order valence-corrected chi connectivity index (χ0v) is 14.0. The Kier molecular flexibility index (Phi) is 6.01. The fourth-order valence-corrected chi connectivity index (χ4v) is 2.85. The van der Waals surface area contributed by atoms with Gasteiger partial charge in [-0.25, -0.2) is 4.79 Å². The molecule has 0 fully saturated rings. The first-order valence-corrected chi connectivity index (χ1v) is 7.99. The second kappa shape index (κ2) is 7.99. The van der Waals surface area contributed by atoms with E-state index in [2.05, 4.69) is 34.0 Å². The molecule has 2 rings (SSSR count). The molecule has 0 radical (unpaired) electrons. The summed E-state index contributed by atoms with van der Waals surface area (Å²) in [5.74, 6) is -0.326. The molecule has 1 amide bonds. The van der Waals surface area contributed by atoms with E-state index >= 15 is 0 Å². The van der Waals surface area contributed by atoms with Gasteiger partial charge in [0.25, 0.3) is 5.91 Å². The van der Waals surface area contributed by atoms with Crippen molar-refractivity contribution >= 4 is 17.5 Å². The lowest BCUT2D eigenvalue weighted by molar-refractivity contribution is 0.0930. The van der Waals surface area contributed by atoms with Crippen LogP contribution in [0.25, 0.3) is 0 Å². The Morgan fingerprint density at radius 3 is 2.57 bits per heavy atom. The molecule has 0 spiro atoms. The third kappa shape index (κ3) is 4.24. The van der Waals surface area contributed by atoms with Gasteiger partial charge in [-0.1, -0.05) is 43.6 Å². The third-order valence-electron chi connectivity index (χ3n) is 3.81. The van der Waals surface area contributed by atoms with Gasteiger partial charge >= 0.3 is 5.69 Å². The quantitative estimate of drug-likeness (QED) is 0.724. The first-order chi connectivity index (χ1) is 11.1. The zero-order chi connectivity index (χ0) is 16.8. The Hall–Kier alpha value is -2.05. The fourth-order valence-electron chi connectivity index (χ4n) is 2.58. The van der Waals surface area contributed by atoms with Gasteiger partial charge in [-0.05, 0) is 24.7 Å². The van der Waals surface area contributed by atoms with E-state index in [-0.39, 0.29) is 17.6 Å². The van der Waals surface area contributed by atoms with Crippen molar-refractivity contribution in [2.75, 3.05) is 19.6 Å². The summed E-state index contributed by atoms with van der Waals surface area (Å²) in [6.07, 6.45) is 1.36. The van der Waals surface area contributed by atoms with Crippen LogP contribution in [-0.2, 0) is 0 Å². The van der Waals surface area contributed by atoms with E-state index in [1.54, 1.807) is 0 Å². The number of aromatic amines is 2. The van der Waals surface area contributed by atoms with Gasteiger partial charge < -0.3 is 15.3 Å². The number of nitrogens with zero attached hydrogens (tertiary/aromatic N) is 1. The van der Waals surface area contributed by atoms with E-state index in [1.807, 2.05) is 24.3 Å². The molecule has 0 aliphatic heterocycles. The summed E-state index contributed by atoms with van der Waals surface area (Å²) < 4.78 is 0. The molecule has 1 heterocycles. The maximum absolute atomic E-state index is 12.1. The second-order valence-corrected chi connectivity index (χ2v) is 5.53. The number of imidazole rings is 1. The van der Waals surface area contributed by atoms with Crippen molar-refractivity contribution in [1.82, 2.24) is 20.2 Å². The molecule has 1 atom stereocenters. The van der Waals surface area contributed by atoms with Gasteiger partial charge in [-0.2, -0.15) is 0 Å². The van der Waals surface area contributed by atoms with Gasteiger partial charge in [-0.3, -0.25) is 9.69 Å². The molecule has 3 N–H and O–H groups in total. The van der Waals surface area contributed by atoms with Crippen LogP contribution in [-0.4, -0.2) is 40.4 Å². The van der Waals surface area contributed by atoms with Gasteiger partial charge in [0, 0.05) is 17.8 Å². The Bertz CT molecular complexity index is 706. The standard InChI is InChI=1S/C16H21ClN4O2/c1-3-21(4-2)14(11-7-5-6-8-12(11)17)10-18-15(22)13-9-19-16(23)20-13/h5-9,14H,3-4,10H2,1-2H3,(H,18,22)(H2,19,20,23)/t14-/m1/s1. The van der Waals surface area contributed by atoms with Gasteiger partial charge in [0.15, 0.2) is 0 Å². The number of carbonyl (C=O) groups excluding carboxylic acids is 1. The second-order valence-electron chi connectivity index (χ2n) is 5.13. The first-order valence-electron chi connectivity index (χ1n) is 7.61. The lowest BCUT2D eigenvalue weighted by Gasteiger charge is -2.30. The fraction of sp³-hybridized carbons (Fsp3) is 0.375. The van der Waals surface area contributed by atoms with Crippen molar-refractivity contribution in [3.8, 4) is 0 Å². The number of hydrogen-bond donors (Lipinski definition) is 3. The number of rotatable bonds is 7. The molecule has 0 unspecified atom stereocenters. The molecule has 7 heteroatoms. The SMILES string of the molecule is CCN(CC)[C@H](CNC(=O)c1c[nH]c(=O)[nH]1)c1ccccc1Cl. The zero-order valence-electron chi connectivity index (χ0n) is 13.2. The molecule has 124 valence electrons. The van der Waals surface area contributed by atoms with E-state index in [0.29, 0.717) is 11.6 Å². The number of benzene rings is 1. The minimum absolute atomic E-state index is 0.0340. The molecular formula is C16H21ClN4O2. The normalized spacial score (nSPS) is 12.3. The largest absolute Gasteiger partial charge is 0.349 e. The van der Waals surface area contributed by atoms with Crippen molar-refractivity contribution in [3.63, 3.8) is 0 Å². The van der Waals surface area contributed by atoms with Crippen molar-refractivity contribution in [3.05, 3.63) is 57.2 Å². The summed E-state index contributed by atoms with van der Waals surface area (Å²) >= 11 is 6.32. The summed E-state index contributed by atoms with van der Waals surface area (Å²) in [5.41, 5.74) is 0.787. The molecule has 0 saturated heterocycles. The summed E-state index contributed by atoms with van der Waals surface area (Å²) in [5, 5.41) is 3.53. The highest BCUT2D eigenvalue weighted by Crippen LogP contribution is 2.26. The van der Waals surface area contributed by atoms with Crippen LogP contribution in [0.1, 0.15) is 35.9 Å². The molecular weight excluding hydrogens is 316 g/mol. The van der Waals surface area contributed by atoms with Crippen LogP contribution in [0.4, 0.5) is 0 Å². The van der Waals surface area contributed by atoms with Gasteiger partial charge in [0.05, 0.1) is 6.04 Å². The summed E-state index contributed by atoms with van der Waals surface area (Å²) in [6, 6.07) is 7.60. The summed E-state index contributed by atoms with van der Waals surface area (Å²) in [6.45, 7) is 6.21. The Balaban J connectivity index is 2.16. The molecule has 1 aromatic heterocycles. The average molecular weight is 337 g/mol. The van der Waals surface area contributed by atoms with E-state index < -0.39 is 5.69 Å². The minimum atomic E-state index is -0.401. The molecule has 1 aromatic carbocycles. The Morgan fingerprint density at radius 1 is 1.30 bits per heavy atom. The lowest BCUT2D eigenvalue weighted by Crippen LogP contribution is -2.38. The monoisotopic (exact) mass is 336 g/mol. The van der Waals surface area contributed by atoms with Gasteiger partial charge in [-0.15, -0.1) is 0 Å². The highest BCUT2D eigenvalue weighted by molar-refractivity contribution is 6.31. The van der Waals surface area contributed by atoms with E-state index in [1.165, 1.54) is 6.20 Å². The minimum Gasteiger partial charge on any atom is -0.349 e. The predicted molar refractivity (Wildman–Crippen MR) is 90.9 cm³/mol. The highest BCUT2D eigenvalue weighted by Gasteiger charge is 2.21.